The third-order valence-corrected chi connectivity index (χ3v) is 3.79. The molecule has 6 nitrogen and oxygen atoms in total. The Balaban J connectivity index is 2.58. The Hall–Kier alpha value is -1.14. The number of hydrogen-bond donors (Lipinski definition) is 0. The van der Waals surface area contributed by atoms with E-state index < -0.39 is 35.7 Å². The Morgan fingerprint density at radius 2 is 1.75 bits per heavy atom. The van der Waals surface area contributed by atoms with Crippen molar-refractivity contribution in [2.75, 3.05) is 6.79 Å². The normalized spacial score (nSPS) is 24.7. The fourth-order valence-electron chi connectivity index (χ4n) is 2.54. The summed E-state index contributed by atoms with van der Waals surface area (Å²) in [5.74, 6) is -1.73. The van der Waals surface area contributed by atoms with Crippen molar-refractivity contribution >= 4 is 11.9 Å². The lowest BCUT2D eigenvalue weighted by Gasteiger charge is -2.32. The average molecular weight is 286 g/mol. The van der Waals surface area contributed by atoms with Gasteiger partial charge < -0.3 is 9.47 Å². The number of hydroxylamine groups is 2. The second-order valence-electron chi connectivity index (χ2n) is 6.72. The van der Waals surface area contributed by atoms with E-state index in [0.29, 0.717) is 6.42 Å². The number of carbonyl (C=O) groups is 2. The maximum Gasteiger partial charge on any atom is 0.313 e. The first-order chi connectivity index (χ1) is 9.00. The first-order valence-electron chi connectivity index (χ1n) is 6.81. The van der Waals surface area contributed by atoms with Crippen molar-refractivity contribution in [1.29, 1.82) is 0 Å². The van der Waals surface area contributed by atoms with E-state index in [1.54, 1.807) is 41.5 Å². The van der Waals surface area contributed by atoms with Crippen molar-refractivity contribution in [1.82, 2.24) is 5.06 Å². The molecule has 0 aliphatic carbocycles. The van der Waals surface area contributed by atoms with Gasteiger partial charge in [0.1, 0.15) is 0 Å². The number of nitrogens with zero attached hydrogens (tertiary/aromatic N) is 1. The maximum absolute atomic E-state index is 12.2. The molecule has 0 bridgehead atoms. The molecule has 0 saturated carbocycles. The molecule has 1 fully saturated rings. The minimum atomic E-state index is -0.831. The summed E-state index contributed by atoms with van der Waals surface area (Å²) in [6.45, 7) is 10.0. The second-order valence-corrected chi connectivity index (χ2v) is 6.72. The molecule has 1 unspecified atom stereocenters. The molecule has 0 aromatic rings. The molecule has 20 heavy (non-hydrogen) atoms. The lowest BCUT2D eigenvalue weighted by molar-refractivity contribution is -0.249. The summed E-state index contributed by atoms with van der Waals surface area (Å²) in [5, 5.41) is 13.1. The lowest BCUT2D eigenvalue weighted by Crippen LogP contribution is -2.47. The molecule has 1 aliphatic rings. The van der Waals surface area contributed by atoms with Crippen LogP contribution < -0.4 is 0 Å². The fraction of sp³-hybridized carbons (Fsp3) is 0.857. The predicted octanol–water partition coefficient (Wildman–Crippen LogP) is 1.91. The summed E-state index contributed by atoms with van der Waals surface area (Å²) in [5.41, 5.74) is -1.44. The van der Waals surface area contributed by atoms with Gasteiger partial charge in [0.25, 0.3) is 0 Å². The fourth-order valence-corrected chi connectivity index (χ4v) is 2.54. The van der Waals surface area contributed by atoms with Gasteiger partial charge in [-0.1, -0.05) is 13.8 Å². The quantitative estimate of drug-likeness (QED) is 0.583. The highest BCUT2D eigenvalue weighted by Crippen LogP contribution is 2.44. The highest BCUT2D eigenvalue weighted by atomic mass is 16.7. The molecule has 0 aromatic heterocycles. The van der Waals surface area contributed by atoms with Gasteiger partial charge in [0, 0.05) is 5.54 Å². The molecule has 0 spiro atoms. The monoisotopic (exact) mass is 286 g/mol. The van der Waals surface area contributed by atoms with Crippen LogP contribution in [0.5, 0.6) is 0 Å². The van der Waals surface area contributed by atoms with Gasteiger partial charge in [-0.25, -0.2) is 0 Å². The number of ether oxygens (including phenoxy) is 2. The molecule has 0 amide bonds. The maximum atomic E-state index is 12.2. The molecule has 115 valence electrons. The van der Waals surface area contributed by atoms with Gasteiger partial charge in [-0.3, -0.25) is 9.59 Å². The predicted molar refractivity (Wildman–Crippen MR) is 70.7 cm³/mol. The van der Waals surface area contributed by atoms with Crippen LogP contribution in [0.4, 0.5) is 0 Å². The zero-order valence-electron chi connectivity index (χ0n) is 13.1. The number of esters is 2. The van der Waals surface area contributed by atoms with Crippen molar-refractivity contribution in [2.45, 2.75) is 59.0 Å². The van der Waals surface area contributed by atoms with E-state index in [2.05, 4.69) is 0 Å². The van der Waals surface area contributed by atoms with E-state index in [1.165, 1.54) is 0 Å². The van der Waals surface area contributed by atoms with E-state index in [1.807, 2.05) is 0 Å². The third kappa shape index (κ3) is 3.30. The Morgan fingerprint density at radius 1 is 1.20 bits per heavy atom. The van der Waals surface area contributed by atoms with Crippen LogP contribution in [0.3, 0.4) is 0 Å². The highest BCUT2D eigenvalue weighted by molar-refractivity contribution is 5.75. The minimum absolute atomic E-state index is 0.271. The molecule has 1 saturated heterocycles. The van der Waals surface area contributed by atoms with Crippen molar-refractivity contribution in [3.8, 4) is 0 Å². The molecule has 1 atom stereocenters. The number of carbonyl (C=O) groups excluding carboxylic acids is 2. The number of hydrogen-bond acceptors (Lipinski definition) is 5. The van der Waals surface area contributed by atoms with E-state index >= 15 is 0 Å². The number of rotatable bonds is 4. The summed E-state index contributed by atoms with van der Waals surface area (Å²) in [7, 11) is 0. The van der Waals surface area contributed by atoms with Crippen LogP contribution in [-0.4, -0.2) is 34.9 Å². The van der Waals surface area contributed by atoms with Crippen molar-refractivity contribution < 1.29 is 24.3 Å². The van der Waals surface area contributed by atoms with Crippen LogP contribution in [0.25, 0.3) is 0 Å². The molecule has 1 rings (SSSR count). The molecular weight excluding hydrogens is 262 g/mol. The largest absolute Gasteiger partial charge is 0.428 e. The summed E-state index contributed by atoms with van der Waals surface area (Å²) in [6, 6.07) is 0. The van der Waals surface area contributed by atoms with Crippen LogP contribution in [0.1, 0.15) is 48.0 Å². The van der Waals surface area contributed by atoms with Gasteiger partial charge in [-0.05, 0) is 34.1 Å². The van der Waals surface area contributed by atoms with Gasteiger partial charge in [-0.2, -0.15) is 0 Å². The van der Waals surface area contributed by atoms with Gasteiger partial charge in [-0.15, -0.1) is 10.3 Å². The molecule has 1 aliphatic heterocycles. The summed E-state index contributed by atoms with van der Waals surface area (Å²) >= 11 is 0. The first kappa shape index (κ1) is 16.9. The zero-order chi connectivity index (χ0) is 15.7. The van der Waals surface area contributed by atoms with Crippen molar-refractivity contribution in [3.63, 3.8) is 0 Å². The Kier molecular flexibility index (Phi) is 4.82. The Labute approximate surface area is 120 Å². The zero-order valence-corrected chi connectivity index (χ0v) is 13.1. The molecule has 0 N–H and O–H groups in total. The van der Waals surface area contributed by atoms with Crippen molar-refractivity contribution in [3.05, 3.63) is 0 Å². The van der Waals surface area contributed by atoms with Gasteiger partial charge in [0.15, 0.2) is 0 Å². The van der Waals surface area contributed by atoms with Gasteiger partial charge in [0.05, 0.1) is 17.4 Å². The van der Waals surface area contributed by atoms with Crippen LogP contribution in [0.2, 0.25) is 0 Å². The van der Waals surface area contributed by atoms with Gasteiger partial charge in [0.2, 0.25) is 6.79 Å². The van der Waals surface area contributed by atoms with Crippen LogP contribution in [0.15, 0.2) is 0 Å². The highest BCUT2D eigenvalue weighted by Gasteiger charge is 2.55. The molecular formula is C14H24NO5. The van der Waals surface area contributed by atoms with Crippen molar-refractivity contribution in [2.24, 2.45) is 11.8 Å². The second kappa shape index (κ2) is 5.69. The van der Waals surface area contributed by atoms with Crippen LogP contribution >= 0.6 is 0 Å². The standard InChI is InChI=1S/C14H24NO5/c1-9(2)11(16)19-8-20-12(17)10-7-13(3,4)15(18)14(10,5)6/h9-10H,7-8H2,1-6H3. The summed E-state index contributed by atoms with van der Waals surface area (Å²) < 4.78 is 9.78. The first-order valence-corrected chi connectivity index (χ1v) is 6.81. The average Bonchev–Trinajstić information content (AvgIpc) is 2.49. The molecule has 1 radical (unpaired) electrons. The summed E-state index contributed by atoms with van der Waals surface area (Å²) in [6.07, 6.45) is 0.417. The molecule has 1 heterocycles. The summed E-state index contributed by atoms with van der Waals surface area (Å²) in [4.78, 5) is 23.3. The topological polar surface area (TPSA) is 75.7 Å². The third-order valence-electron chi connectivity index (χ3n) is 3.79. The lowest BCUT2D eigenvalue weighted by atomic mass is 9.87. The minimum Gasteiger partial charge on any atom is -0.428 e. The Morgan fingerprint density at radius 3 is 2.15 bits per heavy atom. The molecule has 6 heteroatoms. The smallest absolute Gasteiger partial charge is 0.313 e. The molecule has 0 aromatic carbocycles. The van der Waals surface area contributed by atoms with E-state index in [0.717, 1.165) is 5.06 Å². The van der Waals surface area contributed by atoms with E-state index in [9.17, 15) is 14.8 Å². The van der Waals surface area contributed by atoms with Crippen LogP contribution in [0, 0.1) is 11.8 Å². The van der Waals surface area contributed by atoms with Crippen LogP contribution in [-0.2, 0) is 24.3 Å². The van der Waals surface area contributed by atoms with E-state index in [4.69, 9.17) is 9.47 Å². The SMILES string of the molecule is CC(C)C(=O)OCOC(=O)C1CC(C)(C)N([O])C1(C)C. The Bertz CT molecular complexity index is 389. The van der Waals surface area contributed by atoms with E-state index in [-0.39, 0.29) is 5.92 Å². The van der Waals surface area contributed by atoms with Gasteiger partial charge >= 0.3 is 11.9 Å².